The van der Waals surface area contributed by atoms with Crippen molar-refractivity contribution in [1.29, 1.82) is 0 Å². The molecule has 9 heteroatoms. The van der Waals surface area contributed by atoms with Gasteiger partial charge in [-0.25, -0.2) is 0 Å². The van der Waals surface area contributed by atoms with Crippen molar-refractivity contribution < 1.29 is 39.9 Å². The lowest BCUT2D eigenvalue weighted by atomic mass is 10.2. The average molecular weight is 294 g/mol. The second-order valence-corrected chi connectivity index (χ2v) is 4.03. The van der Waals surface area contributed by atoms with E-state index in [-0.39, 0.29) is 19.2 Å². The van der Waals surface area contributed by atoms with Crippen molar-refractivity contribution >= 4 is 7.69 Å². The standard InChI is InChI=1S/C12H11BO8/c14-7-1-5(2-8(15)11(7)18)20-13-21-6-3-9(16)12(19)10(17)4-6/h1-4,13-19H. The SMILES string of the molecule is Oc1cc(OBOc2cc(O)c(O)c(O)c2)cc(O)c1O. The van der Waals surface area contributed by atoms with Crippen LogP contribution in [0.25, 0.3) is 0 Å². The van der Waals surface area contributed by atoms with E-state index in [4.69, 9.17) is 19.5 Å². The summed E-state index contributed by atoms with van der Waals surface area (Å²) in [6, 6.07) is 4.24. The molecule has 8 nitrogen and oxygen atoms in total. The molecule has 2 aromatic rings. The maximum Gasteiger partial charge on any atom is 0.576 e. The van der Waals surface area contributed by atoms with Crippen LogP contribution < -0.4 is 9.31 Å². The lowest BCUT2D eigenvalue weighted by Crippen LogP contribution is -2.10. The molecule has 0 aromatic heterocycles. The molecule has 0 bridgehead atoms. The summed E-state index contributed by atoms with van der Waals surface area (Å²) in [5.41, 5.74) is 0. The second kappa shape index (κ2) is 5.49. The number of benzene rings is 2. The Morgan fingerprint density at radius 2 is 0.857 bits per heavy atom. The fourth-order valence-electron chi connectivity index (χ4n) is 1.49. The first-order valence-corrected chi connectivity index (χ1v) is 5.64. The van der Waals surface area contributed by atoms with E-state index >= 15 is 0 Å². The topological polar surface area (TPSA) is 140 Å². The molecule has 0 heterocycles. The lowest BCUT2D eigenvalue weighted by molar-refractivity contribution is 0.360. The van der Waals surface area contributed by atoms with Gasteiger partial charge in [-0.2, -0.15) is 0 Å². The van der Waals surface area contributed by atoms with Crippen LogP contribution in [0, 0.1) is 0 Å². The number of aromatic hydroxyl groups is 6. The van der Waals surface area contributed by atoms with E-state index in [9.17, 15) is 20.4 Å². The minimum atomic E-state index is -0.670. The Morgan fingerprint density at radius 3 is 1.14 bits per heavy atom. The molecule has 0 aliphatic heterocycles. The van der Waals surface area contributed by atoms with Crippen LogP contribution in [0.4, 0.5) is 0 Å². The summed E-state index contributed by atoms with van der Waals surface area (Å²) in [6.07, 6.45) is 0. The third-order valence-electron chi connectivity index (χ3n) is 2.54. The highest BCUT2D eigenvalue weighted by molar-refractivity contribution is 6.20. The molecule has 0 fully saturated rings. The normalized spacial score (nSPS) is 10.1. The van der Waals surface area contributed by atoms with E-state index in [0.717, 1.165) is 24.3 Å². The van der Waals surface area contributed by atoms with Crippen LogP contribution in [-0.2, 0) is 0 Å². The van der Waals surface area contributed by atoms with Gasteiger partial charge in [0.1, 0.15) is 11.5 Å². The summed E-state index contributed by atoms with van der Waals surface area (Å²) in [6.45, 7) is 0. The van der Waals surface area contributed by atoms with E-state index < -0.39 is 34.5 Å². The monoisotopic (exact) mass is 294 g/mol. The molecule has 0 saturated heterocycles. The molecule has 110 valence electrons. The molecular weight excluding hydrogens is 283 g/mol. The first-order valence-electron chi connectivity index (χ1n) is 5.64. The Kier molecular flexibility index (Phi) is 3.74. The molecule has 6 N–H and O–H groups in total. The van der Waals surface area contributed by atoms with E-state index in [2.05, 4.69) is 0 Å². The molecule has 21 heavy (non-hydrogen) atoms. The van der Waals surface area contributed by atoms with Gasteiger partial charge in [-0.15, -0.1) is 0 Å². The first-order chi connectivity index (χ1) is 9.88. The zero-order chi connectivity index (χ0) is 15.6. The molecule has 0 amide bonds. The van der Waals surface area contributed by atoms with Crippen LogP contribution >= 0.6 is 0 Å². The van der Waals surface area contributed by atoms with Gasteiger partial charge in [-0.1, -0.05) is 0 Å². The highest BCUT2D eigenvalue weighted by Gasteiger charge is 2.12. The van der Waals surface area contributed by atoms with Crippen LogP contribution in [0.15, 0.2) is 24.3 Å². The average Bonchev–Trinajstić information content (AvgIpc) is 2.42. The van der Waals surface area contributed by atoms with Gasteiger partial charge >= 0.3 is 7.69 Å². The summed E-state index contributed by atoms with van der Waals surface area (Å²) in [5, 5.41) is 55.4. The summed E-state index contributed by atoms with van der Waals surface area (Å²) in [7, 11) is -0.382. The van der Waals surface area contributed by atoms with Crippen LogP contribution in [0.3, 0.4) is 0 Å². The van der Waals surface area contributed by atoms with Crippen molar-refractivity contribution in [3.63, 3.8) is 0 Å². The van der Waals surface area contributed by atoms with Crippen LogP contribution in [-0.4, -0.2) is 38.3 Å². The van der Waals surface area contributed by atoms with Crippen LogP contribution in [0.2, 0.25) is 0 Å². The van der Waals surface area contributed by atoms with Crippen molar-refractivity contribution in [2.24, 2.45) is 0 Å². The van der Waals surface area contributed by atoms with Gasteiger partial charge in [-0.3, -0.25) is 0 Å². The molecule has 0 saturated carbocycles. The van der Waals surface area contributed by atoms with Gasteiger partial charge in [0.15, 0.2) is 23.0 Å². The maximum atomic E-state index is 9.28. The minimum absolute atomic E-state index is 0.0232. The smallest absolute Gasteiger partial charge is 0.528 e. The molecule has 0 atom stereocenters. The summed E-state index contributed by atoms with van der Waals surface area (Å²) in [4.78, 5) is 0. The number of phenols is 6. The fourth-order valence-corrected chi connectivity index (χ4v) is 1.49. The number of phenolic OH excluding ortho intramolecular Hbond substituents is 6. The quantitative estimate of drug-likeness (QED) is 0.356. The third-order valence-corrected chi connectivity index (χ3v) is 2.54. The molecule has 0 radical (unpaired) electrons. The Hall–Kier alpha value is -3.10. The predicted molar refractivity (Wildman–Crippen MR) is 71.3 cm³/mol. The number of rotatable bonds is 4. The molecule has 0 spiro atoms. The van der Waals surface area contributed by atoms with E-state index in [1.807, 2.05) is 0 Å². The van der Waals surface area contributed by atoms with E-state index in [0.29, 0.717) is 0 Å². The predicted octanol–water partition coefficient (Wildman–Crippen LogP) is 0.644. The van der Waals surface area contributed by atoms with E-state index in [1.165, 1.54) is 0 Å². The summed E-state index contributed by atoms with van der Waals surface area (Å²) < 4.78 is 10.1. The van der Waals surface area contributed by atoms with Gasteiger partial charge in [-0.05, 0) is 0 Å². The highest BCUT2D eigenvalue weighted by atomic mass is 16.6. The van der Waals surface area contributed by atoms with Gasteiger partial charge in [0, 0.05) is 24.3 Å². The molecule has 2 aromatic carbocycles. The second-order valence-electron chi connectivity index (χ2n) is 4.03. The van der Waals surface area contributed by atoms with Crippen molar-refractivity contribution in [1.82, 2.24) is 0 Å². The van der Waals surface area contributed by atoms with Gasteiger partial charge in [0.25, 0.3) is 0 Å². The number of hydrogen-bond acceptors (Lipinski definition) is 8. The first kappa shape index (κ1) is 14.3. The van der Waals surface area contributed by atoms with Crippen molar-refractivity contribution in [2.75, 3.05) is 0 Å². The number of hydrogen-bond donors (Lipinski definition) is 6. The van der Waals surface area contributed by atoms with Gasteiger partial charge in [0.2, 0.25) is 11.5 Å². The van der Waals surface area contributed by atoms with Gasteiger partial charge in [0.05, 0.1) is 0 Å². The molecule has 0 aliphatic rings. The zero-order valence-electron chi connectivity index (χ0n) is 10.5. The van der Waals surface area contributed by atoms with Crippen LogP contribution in [0.1, 0.15) is 0 Å². The van der Waals surface area contributed by atoms with Crippen molar-refractivity contribution in [2.45, 2.75) is 0 Å². The Labute approximate surface area is 119 Å². The summed E-state index contributed by atoms with van der Waals surface area (Å²) in [5.74, 6) is -3.55. The maximum absolute atomic E-state index is 9.28. The van der Waals surface area contributed by atoms with Crippen LogP contribution in [0.5, 0.6) is 46.0 Å². The van der Waals surface area contributed by atoms with E-state index in [1.54, 1.807) is 0 Å². The molecule has 2 rings (SSSR count). The molecule has 0 aliphatic carbocycles. The minimum Gasteiger partial charge on any atom is -0.528 e. The van der Waals surface area contributed by atoms with Crippen molar-refractivity contribution in [3.05, 3.63) is 24.3 Å². The Balaban J connectivity index is 2.02. The largest absolute Gasteiger partial charge is 0.576 e. The molecule has 0 unspecified atom stereocenters. The Bertz CT molecular complexity index is 569. The third kappa shape index (κ3) is 3.08. The zero-order valence-corrected chi connectivity index (χ0v) is 10.5. The van der Waals surface area contributed by atoms with Gasteiger partial charge < -0.3 is 39.9 Å². The summed E-state index contributed by atoms with van der Waals surface area (Å²) >= 11 is 0. The lowest BCUT2D eigenvalue weighted by Gasteiger charge is -2.10. The molecular formula is C12H11BO8. The highest BCUT2D eigenvalue weighted by Crippen LogP contribution is 2.39. The fraction of sp³-hybridized carbons (Fsp3) is 0. The Morgan fingerprint density at radius 1 is 0.571 bits per heavy atom. The van der Waals surface area contributed by atoms with Crippen molar-refractivity contribution in [3.8, 4) is 46.0 Å².